The third kappa shape index (κ3) is 5.13. The number of aliphatic hydroxyl groups is 2. The van der Waals surface area contributed by atoms with E-state index in [0.717, 1.165) is 31.5 Å². The summed E-state index contributed by atoms with van der Waals surface area (Å²) in [6.07, 6.45) is 1.88. The lowest BCUT2D eigenvalue weighted by Crippen LogP contribution is -2.41. The average molecular weight is 291 g/mol. The van der Waals surface area contributed by atoms with E-state index in [1.165, 1.54) is 12.1 Å². The molecule has 0 unspecified atom stereocenters. The van der Waals surface area contributed by atoms with Crippen molar-refractivity contribution in [1.29, 1.82) is 0 Å². The molecule has 1 aromatic rings. The van der Waals surface area contributed by atoms with Crippen molar-refractivity contribution in [3.8, 4) is 11.8 Å². The number of piperidine rings is 1. The number of hydrogen-bond donors (Lipinski definition) is 2. The van der Waals surface area contributed by atoms with Gasteiger partial charge in [0.1, 0.15) is 5.82 Å². The maximum atomic E-state index is 13.6. The summed E-state index contributed by atoms with van der Waals surface area (Å²) < 4.78 is 13.6. The zero-order chi connectivity index (χ0) is 15.3. The lowest BCUT2D eigenvalue weighted by atomic mass is 9.93. The van der Waals surface area contributed by atoms with Crippen LogP contribution in [-0.2, 0) is 6.54 Å². The fourth-order valence-electron chi connectivity index (χ4n) is 2.49. The highest BCUT2D eigenvalue weighted by molar-refractivity contribution is 5.37. The molecule has 21 heavy (non-hydrogen) atoms. The molecule has 1 aromatic carbocycles. The Morgan fingerprint density at radius 1 is 1.29 bits per heavy atom. The molecule has 2 N–H and O–H groups in total. The van der Waals surface area contributed by atoms with Crippen molar-refractivity contribution < 1.29 is 14.6 Å². The van der Waals surface area contributed by atoms with E-state index in [4.69, 9.17) is 5.11 Å². The van der Waals surface area contributed by atoms with Crippen LogP contribution < -0.4 is 0 Å². The third-order valence-electron chi connectivity index (χ3n) is 3.77. The number of nitrogens with zero attached hydrogens (tertiary/aromatic N) is 1. The molecule has 0 radical (unpaired) electrons. The summed E-state index contributed by atoms with van der Waals surface area (Å²) in [6.45, 7) is 4.18. The maximum Gasteiger partial charge on any atom is 0.124 e. The van der Waals surface area contributed by atoms with Crippen molar-refractivity contribution in [2.45, 2.75) is 38.3 Å². The summed E-state index contributed by atoms with van der Waals surface area (Å²) in [5.41, 5.74) is 0.964. The normalized spacial score (nSPS) is 18.1. The molecular weight excluding hydrogens is 269 g/mol. The molecule has 1 aliphatic rings. The zero-order valence-electron chi connectivity index (χ0n) is 12.4. The van der Waals surface area contributed by atoms with E-state index >= 15 is 0 Å². The molecule has 0 aromatic heterocycles. The van der Waals surface area contributed by atoms with Crippen LogP contribution in [0.1, 0.15) is 37.3 Å². The number of halogens is 1. The predicted molar refractivity (Wildman–Crippen MR) is 80.1 cm³/mol. The topological polar surface area (TPSA) is 43.7 Å². The number of aliphatic hydroxyl groups excluding tert-OH is 1. The summed E-state index contributed by atoms with van der Waals surface area (Å²) in [5, 5.41) is 18.7. The lowest BCUT2D eigenvalue weighted by Gasteiger charge is -2.35. The van der Waals surface area contributed by atoms with E-state index in [9.17, 15) is 9.50 Å². The predicted octanol–water partition coefficient (Wildman–Crippen LogP) is 1.91. The molecule has 0 saturated carbocycles. The van der Waals surface area contributed by atoms with E-state index in [1.54, 1.807) is 0 Å². The van der Waals surface area contributed by atoms with Crippen molar-refractivity contribution in [1.82, 2.24) is 4.90 Å². The number of rotatable bonds is 3. The highest BCUT2D eigenvalue weighted by Gasteiger charge is 2.27. The first-order valence-corrected chi connectivity index (χ1v) is 7.32. The zero-order valence-corrected chi connectivity index (χ0v) is 12.4. The molecule has 1 heterocycles. The van der Waals surface area contributed by atoms with Crippen LogP contribution in [0.5, 0.6) is 0 Å². The fraction of sp³-hybridized carbons (Fsp3) is 0.529. The molecule has 2 rings (SSSR count). The van der Waals surface area contributed by atoms with Crippen LogP contribution in [-0.4, -0.2) is 40.4 Å². The van der Waals surface area contributed by atoms with Gasteiger partial charge in [-0.25, -0.2) is 4.39 Å². The molecule has 4 heteroatoms. The third-order valence-corrected chi connectivity index (χ3v) is 3.77. The van der Waals surface area contributed by atoms with Gasteiger partial charge in [-0.1, -0.05) is 11.8 Å². The van der Waals surface area contributed by atoms with Gasteiger partial charge in [0.2, 0.25) is 0 Å². The fourth-order valence-corrected chi connectivity index (χ4v) is 2.49. The molecule has 0 amide bonds. The summed E-state index contributed by atoms with van der Waals surface area (Å²) in [5.74, 6) is 5.39. The average Bonchev–Trinajstić information content (AvgIpc) is 2.41. The molecular formula is C17H22FNO2. The minimum Gasteiger partial charge on any atom is -0.395 e. The maximum absolute atomic E-state index is 13.6. The van der Waals surface area contributed by atoms with Gasteiger partial charge in [0.05, 0.1) is 12.2 Å². The molecule has 0 atom stereocenters. The van der Waals surface area contributed by atoms with Gasteiger partial charge < -0.3 is 10.2 Å². The molecule has 1 fully saturated rings. The van der Waals surface area contributed by atoms with Gasteiger partial charge >= 0.3 is 0 Å². The minimum atomic E-state index is -0.570. The van der Waals surface area contributed by atoms with E-state index in [0.29, 0.717) is 18.5 Å². The highest BCUT2D eigenvalue weighted by atomic mass is 19.1. The molecule has 3 nitrogen and oxygen atoms in total. The Labute approximate surface area is 125 Å². The summed E-state index contributed by atoms with van der Waals surface area (Å²) >= 11 is 0. The molecule has 0 aliphatic carbocycles. The molecule has 0 spiro atoms. The largest absolute Gasteiger partial charge is 0.395 e. The van der Waals surface area contributed by atoms with E-state index in [-0.39, 0.29) is 12.4 Å². The van der Waals surface area contributed by atoms with Crippen molar-refractivity contribution in [2.24, 2.45) is 0 Å². The number of hydrogen-bond acceptors (Lipinski definition) is 3. The smallest absolute Gasteiger partial charge is 0.124 e. The van der Waals surface area contributed by atoms with Crippen molar-refractivity contribution >= 4 is 0 Å². The van der Waals surface area contributed by atoms with Crippen molar-refractivity contribution in [3.63, 3.8) is 0 Å². The Bertz CT molecular complexity index is 535. The first-order valence-electron chi connectivity index (χ1n) is 7.32. The summed E-state index contributed by atoms with van der Waals surface area (Å²) in [4.78, 5) is 2.22. The van der Waals surface area contributed by atoms with Crippen LogP contribution in [0.15, 0.2) is 18.2 Å². The van der Waals surface area contributed by atoms with Crippen LogP contribution >= 0.6 is 0 Å². The van der Waals surface area contributed by atoms with E-state index in [2.05, 4.69) is 16.7 Å². The van der Waals surface area contributed by atoms with Crippen LogP contribution in [0.25, 0.3) is 0 Å². The van der Waals surface area contributed by atoms with Gasteiger partial charge in [-0.3, -0.25) is 4.90 Å². The number of benzene rings is 1. The van der Waals surface area contributed by atoms with Gasteiger partial charge in [0, 0.05) is 31.6 Å². The van der Waals surface area contributed by atoms with Crippen molar-refractivity contribution in [3.05, 3.63) is 35.1 Å². The Morgan fingerprint density at radius 2 is 2.00 bits per heavy atom. The van der Waals surface area contributed by atoms with Gasteiger partial charge in [0.15, 0.2) is 0 Å². The Morgan fingerprint density at radius 3 is 2.67 bits per heavy atom. The molecule has 1 saturated heterocycles. The van der Waals surface area contributed by atoms with Gasteiger partial charge in [-0.05, 0) is 43.5 Å². The monoisotopic (exact) mass is 291 g/mol. The quantitative estimate of drug-likeness (QED) is 0.836. The first-order chi connectivity index (χ1) is 9.98. The van der Waals surface area contributed by atoms with Crippen LogP contribution in [0.2, 0.25) is 0 Å². The van der Waals surface area contributed by atoms with Gasteiger partial charge in [-0.2, -0.15) is 0 Å². The van der Waals surface area contributed by atoms with Gasteiger partial charge in [-0.15, -0.1) is 0 Å². The van der Waals surface area contributed by atoms with Crippen molar-refractivity contribution in [2.75, 3.05) is 19.7 Å². The Kier molecular flexibility index (Phi) is 5.35. The summed E-state index contributed by atoms with van der Waals surface area (Å²) in [6, 6.07) is 4.83. The Hall–Kier alpha value is -1.41. The van der Waals surface area contributed by atoms with Gasteiger partial charge in [0.25, 0.3) is 0 Å². The first kappa shape index (κ1) is 16.0. The second-order valence-corrected chi connectivity index (χ2v) is 5.90. The minimum absolute atomic E-state index is 0.0167. The molecule has 0 bridgehead atoms. The highest BCUT2D eigenvalue weighted by Crippen LogP contribution is 2.22. The van der Waals surface area contributed by atoms with Crippen LogP contribution in [0, 0.1) is 17.7 Å². The van der Waals surface area contributed by atoms with E-state index in [1.807, 2.05) is 13.0 Å². The molecule has 114 valence electrons. The number of likely N-dealkylation sites (tertiary alicyclic amines) is 1. The SMILES string of the molecule is CC1(O)CCN(Cc2cc(F)cc(C#CCCO)c2)CC1. The van der Waals surface area contributed by atoms with E-state index < -0.39 is 5.60 Å². The second-order valence-electron chi connectivity index (χ2n) is 5.90. The lowest BCUT2D eigenvalue weighted by molar-refractivity contribution is -0.00732. The second kappa shape index (κ2) is 7.04. The molecule has 1 aliphatic heterocycles. The Balaban J connectivity index is 2.02. The van der Waals surface area contributed by atoms with Crippen LogP contribution in [0.3, 0.4) is 0 Å². The standard InChI is InChI=1S/C17H22FNO2/c1-17(21)5-7-19(8-6-17)13-15-10-14(4-2-3-9-20)11-16(18)12-15/h10-12,20-21H,3,5-9,13H2,1H3. The van der Waals surface area contributed by atoms with Crippen LogP contribution in [0.4, 0.5) is 4.39 Å². The summed E-state index contributed by atoms with van der Waals surface area (Å²) in [7, 11) is 0.